The van der Waals surface area contributed by atoms with Crippen LogP contribution in [0.25, 0.3) is 0 Å². The molecule has 0 radical (unpaired) electrons. The van der Waals surface area contributed by atoms with Gasteiger partial charge in [-0.15, -0.1) is 0 Å². The van der Waals surface area contributed by atoms with Gasteiger partial charge in [0.1, 0.15) is 31.5 Å². The Morgan fingerprint density at radius 1 is 1.00 bits per heavy atom. The van der Waals surface area contributed by atoms with Gasteiger partial charge >= 0.3 is 18.0 Å². The Morgan fingerprint density at radius 2 is 1.74 bits per heavy atom. The van der Waals surface area contributed by atoms with Crippen LogP contribution in [0.5, 0.6) is 5.75 Å². The maximum absolute atomic E-state index is 12.4. The van der Waals surface area contributed by atoms with Crippen LogP contribution in [0.2, 0.25) is 0 Å². The third-order valence-corrected chi connectivity index (χ3v) is 5.29. The number of amides is 2. The predicted octanol–water partition coefficient (Wildman–Crippen LogP) is 2.78. The fourth-order valence-electron chi connectivity index (χ4n) is 3.58. The van der Waals surface area contributed by atoms with Crippen molar-refractivity contribution >= 4 is 23.9 Å². The third-order valence-electron chi connectivity index (χ3n) is 5.29. The van der Waals surface area contributed by atoms with Gasteiger partial charge in [0.15, 0.2) is 0 Å². The van der Waals surface area contributed by atoms with Gasteiger partial charge < -0.3 is 24.4 Å². The average Bonchev–Trinajstić information content (AvgIpc) is 3.36. The van der Waals surface area contributed by atoms with Gasteiger partial charge in [0.2, 0.25) is 5.91 Å². The lowest BCUT2D eigenvalue weighted by atomic mass is 10.1. The highest BCUT2D eigenvalue weighted by Gasteiger charge is 2.35. The first-order chi connectivity index (χ1) is 17.0. The summed E-state index contributed by atoms with van der Waals surface area (Å²) in [5.74, 6) is -0.857. The minimum absolute atomic E-state index is 0.0293. The molecule has 1 heterocycles. The van der Waals surface area contributed by atoms with Crippen molar-refractivity contribution in [1.29, 1.82) is 0 Å². The molecule has 0 unspecified atom stereocenters. The van der Waals surface area contributed by atoms with E-state index in [2.05, 4.69) is 11.9 Å². The van der Waals surface area contributed by atoms with Crippen molar-refractivity contribution < 1.29 is 33.4 Å². The van der Waals surface area contributed by atoms with Crippen molar-refractivity contribution in [2.45, 2.75) is 31.9 Å². The molecule has 0 aliphatic carbocycles. The lowest BCUT2D eigenvalue weighted by Gasteiger charge is -2.23. The lowest BCUT2D eigenvalue weighted by Crippen LogP contribution is -2.46. The van der Waals surface area contributed by atoms with Gasteiger partial charge in [0.05, 0.1) is 6.42 Å². The molecule has 9 nitrogen and oxygen atoms in total. The second-order valence-electron chi connectivity index (χ2n) is 7.87. The van der Waals surface area contributed by atoms with Crippen molar-refractivity contribution in [3.05, 3.63) is 78.4 Å². The number of alkyl carbamates (subject to hydrolysis) is 1. The number of ether oxygens (including phenoxy) is 3. The highest BCUT2D eigenvalue weighted by atomic mass is 16.6. The molecule has 1 aliphatic rings. The molecule has 0 aromatic heterocycles. The van der Waals surface area contributed by atoms with Gasteiger partial charge in [-0.05, 0) is 36.1 Å². The molecule has 2 aromatic carbocycles. The SMILES string of the molecule is C=CCOC(=O)[C@@H]1CCCN1C(=O)CNC(=O)OCc1ccc(OC(=O)Cc2ccccc2)cc1. The number of nitrogens with one attached hydrogen (secondary N) is 1. The second kappa shape index (κ2) is 12.9. The van der Waals surface area contributed by atoms with E-state index in [4.69, 9.17) is 14.2 Å². The number of hydrogen-bond acceptors (Lipinski definition) is 7. The first kappa shape index (κ1) is 25.5. The van der Waals surface area contributed by atoms with E-state index in [1.807, 2.05) is 30.3 Å². The van der Waals surface area contributed by atoms with Gasteiger partial charge in [-0.25, -0.2) is 9.59 Å². The maximum Gasteiger partial charge on any atom is 0.407 e. The quantitative estimate of drug-likeness (QED) is 0.316. The van der Waals surface area contributed by atoms with E-state index < -0.39 is 18.1 Å². The number of nitrogens with zero attached hydrogens (tertiary/aromatic N) is 1. The van der Waals surface area contributed by atoms with Crippen LogP contribution in [-0.2, 0) is 36.9 Å². The second-order valence-corrected chi connectivity index (χ2v) is 7.87. The van der Waals surface area contributed by atoms with E-state index >= 15 is 0 Å². The summed E-state index contributed by atoms with van der Waals surface area (Å²) in [5.41, 5.74) is 1.54. The van der Waals surface area contributed by atoms with E-state index in [1.54, 1.807) is 24.3 Å². The van der Waals surface area contributed by atoms with Gasteiger partial charge in [0, 0.05) is 6.54 Å². The number of benzene rings is 2. The normalized spacial score (nSPS) is 14.6. The summed E-state index contributed by atoms with van der Waals surface area (Å²) in [4.78, 5) is 50.0. The highest BCUT2D eigenvalue weighted by molar-refractivity contribution is 5.87. The molecule has 0 bridgehead atoms. The lowest BCUT2D eigenvalue weighted by molar-refractivity contribution is -0.152. The van der Waals surface area contributed by atoms with Gasteiger partial charge in [0.25, 0.3) is 0 Å². The van der Waals surface area contributed by atoms with E-state index in [0.717, 1.165) is 5.56 Å². The first-order valence-electron chi connectivity index (χ1n) is 11.3. The number of likely N-dealkylation sites (tertiary alicyclic amines) is 1. The summed E-state index contributed by atoms with van der Waals surface area (Å²) in [5, 5.41) is 2.40. The number of hydrogen-bond donors (Lipinski definition) is 1. The Kier molecular flexibility index (Phi) is 9.41. The summed E-state index contributed by atoms with van der Waals surface area (Å²) < 4.78 is 15.5. The highest BCUT2D eigenvalue weighted by Crippen LogP contribution is 2.18. The Bertz CT molecular complexity index is 1040. The minimum Gasteiger partial charge on any atom is -0.460 e. The van der Waals surface area contributed by atoms with Crippen LogP contribution in [0, 0.1) is 0 Å². The molecule has 0 spiro atoms. The Balaban J connectivity index is 1.38. The van der Waals surface area contributed by atoms with Gasteiger partial charge in [-0.3, -0.25) is 9.59 Å². The number of carbonyl (C=O) groups excluding carboxylic acids is 4. The topological polar surface area (TPSA) is 111 Å². The van der Waals surface area contributed by atoms with Crippen molar-refractivity contribution in [3.8, 4) is 5.75 Å². The molecular formula is C26H28N2O7. The van der Waals surface area contributed by atoms with Gasteiger partial charge in [-0.2, -0.15) is 0 Å². The zero-order valence-corrected chi connectivity index (χ0v) is 19.3. The van der Waals surface area contributed by atoms with Crippen LogP contribution in [0.15, 0.2) is 67.3 Å². The van der Waals surface area contributed by atoms with Crippen molar-refractivity contribution in [3.63, 3.8) is 0 Å². The van der Waals surface area contributed by atoms with Crippen LogP contribution in [0.3, 0.4) is 0 Å². The smallest absolute Gasteiger partial charge is 0.407 e. The molecule has 0 saturated carbocycles. The van der Waals surface area contributed by atoms with E-state index in [1.165, 1.54) is 11.0 Å². The van der Waals surface area contributed by atoms with Crippen LogP contribution < -0.4 is 10.1 Å². The first-order valence-corrected chi connectivity index (χ1v) is 11.3. The summed E-state index contributed by atoms with van der Waals surface area (Å²) >= 11 is 0. The summed E-state index contributed by atoms with van der Waals surface area (Å²) in [7, 11) is 0. The Hall–Kier alpha value is -4.14. The summed E-state index contributed by atoms with van der Waals surface area (Å²) in [6.45, 7) is 3.68. The molecule has 2 aromatic rings. The standard InChI is InChI=1S/C26H28N2O7/c1-2-15-33-25(31)22-9-6-14-28(22)23(29)17-27-26(32)34-18-20-10-12-21(13-11-20)35-24(30)16-19-7-4-3-5-8-19/h2-5,7-8,10-13,22H,1,6,9,14-18H2,(H,27,32)/t22-/m0/s1. The molecular weight excluding hydrogens is 452 g/mol. The molecule has 2 amide bonds. The molecule has 184 valence electrons. The Labute approximate surface area is 203 Å². The molecule has 1 N–H and O–H groups in total. The van der Waals surface area contributed by atoms with Crippen LogP contribution >= 0.6 is 0 Å². The number of esters is 2. The van der Waals surface area contributed by atoms with Gasteiger partial charge in [-0.1, -0.05) is 55.1 Å². The predicted molar refractivity (Wildman–Crippen MR) is 126 cm³/mol. The van der Waals surface area contributed by atoms with Crippen LogP contribution in [0.4, 0.5) is 4.79 Å². The van der Waals surface area contributed by atoms with Crippen molar-refractivity contribution in [1.82, 2.24) is 10.2 Å². The largest absolute Gasteiger partial charge is 0.460 e. The van der Waals surface area contributed by atoms with Crippen molar-refractivity contribution in [2.75, 3.05) is 19.7 Å². The molecule has 3 rings (SSSR count). The molecule has 9 heteroatoms. The van der Waals surface area contributed by atoms with E-state index in [9.17, 15) is 19.2 Å². The van der Waals surface area contributed by atoms with E-state index in [-0.39, 0.29) is 38.1 Å². The third kappa shape index (κ3) is 7.99. The summed E-state index contributed by atoms with van der Waals surface area (Å²) in [6, 6.07) is 15.2. The molecule has 1 fully saturated rings. The number of rotatable bonds is 10. The minimum atomic E-state index is -0.762. The zero-order chi connectivity index (χ0) is 25.0. The van der Waals surface area contributed by atoms with Crippen LogP contribution in [-0.4, -0.2) is 54.6 Å². The zero-order valence-electron chi connectivity index (χ0n) is 19.3. The number of carbonyl (C=O) groups is 4. The molecule has 1 saturated heterocycles. The molecule has 1 aliphatic heterocycles. The molecule has 35 heavy (non-hydrogen) atoms. The summed E-state index contributed by atoms with van der Waals surface area (Å²) in [6.07, 6.45) is 2.06. The fraction of sp³-hybridized carbons (Fsp3) is 0.308. The maximum atomic E-state index is 12.4. The molecule has 1 atom stereocenters. The fourth-order valence-corrected chi connectivity index (χ4v) is 3.58. The monoisotopic (exact) mass is 480 g/mol. The van der Waals surface area contributed by atoms with Crippen molar-refractivity contribution in [2.24, 2.45) is 0 Å². The Morgan fingerprint density at radius 3 is 2.46 bits per heavy atom. The van der Waals surface area contributed by atoms with E-state index in [0.29, 0.717) is 30.7 Å². The van der Waals surface area contributed by atoms with Crippen LogP contribution in [0.1, 0.15) is 24.0 Å². The average molecular weight is 481 g/mol.